The van der Waals surface area contributed by atoms with Crippen LogP contribution in [0.25, 0.3) is 0 Å². The first-order valence-corrected chi connectivity index (χ1v) is 6.29. The van der Waals surface area contributed by atoms with Gasteiger partial charge in [0.15, 0.2) is 0 Å². The largest absolute Gasteiger partial charge is 0.310 e. The Hall–Kier alpha value is -1.16. The van der Waals surface area contributed by atoms with Gasteiger partial charge in [0, 0.05) is 12.1 Å². The molecular weight excluding hydrogens is 212 g/mol. The van der Waals surface area contributed by atoms with Crippen LogP contribution >= 0.6 is 0 Å². The Morgan fingerprint density at radius 1 is 1.35 bits per heavy atom. The molecule has 0 unspecified atom stereocenters. The van der Waals surface area contributed by atoms with Crippen LogP contribution in [0.1, 0.15) is 40.5 Å². The Balaban J connectivity index is 2.21. The number of hydrogen-bond acceptors (Lipinski definition) is 3. The standard InChI is InChI=1S/C13H24N4/c1-11(2)6-5-7-12(3)16-13(4)8-17-10-14-9-15-17/h6,9-10,12-13,16H,5,7-8H2,1-4H3/t12-,13+/m0/s1. The Morgan fingerprint density at radius 2 is 2.12 bits per heavy atom. The number of allylic oxidation sites excluding steroid dienone is 2. The molecule has 4 nitrogen and oxygen atoms in total. The van der Waals surface area contributed by atoms with E-state index in [1.165, 1.54) is 12.0 Å². The second kappa shape index (κ2) is 7.22. The van der Waals surface area contributed by atoms with E-state index in [2.05, 4.69) is 49.2 Å². The van der Waals surface area contributed by atoms with E-state index in [-0.39, 0.29) is 0 Å². The van der Waals surface area contributed by atoms with Crippen molar-refractivity contribution in [1.82, 2.24) is 20.1 Å². The highest BCUT2D eigenvalue weighted by molar-refractivity contribution is 4.93. The average molecular weight is 236 g/mol. The summed E-state index contributed by atoms with van der Waals surface area (Å²) in [7, 11) is 0. The van der Waals surface area contributed by atoms with Crippen LogP contribution in [0, 0.1) is 0 Å². The van der Waals surface area contributed by atoms with Crippen LogP contribution in [0.3, 0.4) is 0 Å². The van der Waals surface area contributed by atoms with Crippen molar-refractivity contribution in [3.8, 4) is 0 Å². The second-order valence-corrected chi connectivity index (χ2v) is 4.95. The molecule has 0 amide bonds. The lowest BCUT2D eigenvalue weighted by atomic mass is 10.1. The molecule has 0 radical (unpaired) electrons. The molecule has 4 heteroatoms. The number of rotatable bonds is 7. The van der Waals surface area contributed by atoms with E-state index in [0.29, 0.717) is 12.1 Å². The van der Waals surface area contributed by atoms with Crippen LogP contribution in [-0.2, 0) is 6.54 Å². The quantitative estimate of drug-likeness (QED) is 0.739. The van der Waals surface area contributed by atoms with Crippen LogP contribution in [0.15, 0.2) is 24.3 Å². The fourth-order valence-electron chi connectivity index (χ4n) is 1.85. The summed E-state index contributed by atoms with van der Waals surface area (Å²) in [5.41, 5.74) is 1.40. The topological polar surface area (TPSA) is 42.7 Å². The molecular formula is C13H24N4. The predicted molar refractivity (Wildman–Crippen MR) is 70.7 cm³/mol. The molecule has 1 rings (SSSR count). The minimum Gasteiger partial charge on any atom is -0.310 e. The maximum absolute atomic E-state index is 4.10. The zero-order valence-electron chi connectivity index (χ0n) is 11.3. The number of aromatic nitrogens is 3. The Bertz CT molecular complexity index is 325. The van der Waals surface area contributed by atoms with Crippen LogP contribution < -0.4 is 5.32 Å². The van der Waals surface area contributed by atoms with Crippen LogP contribution in [0.4, 0.5) is 0 Å². The van der Waals surface area contributed by atoms with E-state index >= 15 is 0 Å². The van der Waals surface area contributed by atoms with Gasteiger partial charge in [-0.15, -0.1) is 0 Å². The zero-order chi connectivity index (χ0) is 12.7. The number of nitrogens with zero attached hydrogens (tertiary/aromatic N) is 3. The highest BCUT2D eigenvalue weighted by Crippen LogP contribution is 2.02. The van der Waals surface area contributed by atoms with E-state index in [4.69, 9.17) is 0 Å². The van der Waals surface area contributed by atoms with Gasteiger partial charge in [-0.05, 0) is 40.5 Å². The molecule has 1 heterocycles. The Labute approximate surface area is 104 Å². The lowest BCUT2D eigenvalue weighted by molar-refractivity contribution is 0.395. The predicted octanol–water partition coefficient (Wildman–Crippen LogP) is 2.39. The van der Waals surface area contributed by atoms with Gasteiger partial charge < -0.3 is 5.32 Å². The molecule has 0 fully saturated rings. The molecule has 17 heavy (non-hydrogen) atoms. The molecule has 96 valence electrons. The van der Waals surface area contributed by atoms with Gasteiger partial charge in [0.25, 0.3) is 0 Å². The fraction of sp³-hybridized carbons (Fsp3) is 0.692. The summed E-state index contributed by atoms with van der Waals surface area (Å²) in [6, 6.07) is 0.947. The number of hydrogen-bond donors (Lipinski definition) is 1. The lowest BCUT2D eigenvalue weighted by Crippen LogP contribution is -2.37. The first kappa shape index (κ1) is 13.9. The van der Waals surface area contributed by atoms with Gasteiger partial charge in [-0.2, -0.15) is 5.10 Å². The third kappa shape index (κ3) is 6.22. The fourth-order valence-corrected chi connectivity index (χ4v) is 1.85. The van der Waals surface area contributed by atoms with Crippen LogP contribution in [0.5, 0.6) is 0 Å². The maximum atomic E-state index is 4.10. The molecule has 2 atom stereocenters. The third-order valence-corrected chi connectivity index (χ3v) is 2.65. The summed E-state index contributed by atoms with van der Waals surface area (Å²) >= 11 is 0. The molecule has 0 aliphatic heterocycles. The highest BCUT2D eigenvalue weighted by atomic mass is 15.3. The molecule has 0 aliphatic rings. The lowest BCUT2D eigenvalue weighted by Gasteiger charge is -2.19. The van der Waals surface area contributed by atoms with E-state index < -0.39 is 0 Å². The van der Waals surface area contributed by atoms with Crippen LogP contribution in [-0.4, -0.2) is 26.8 Å². The van der Waals surface area contributed by atoms with E-state index in [1.807, 2.05) is 4.68 Å². The van der Waals surface area contributed by atoms with Gasteiger partial charge in [0.1, 0.15) is 12.7 Å². The Morgan fingerprint density at radius 3 is 2.71 bits per heavy atom. The van der Waals surface area contributed by atoms with Gasteiger partial charge in [0.05, 0.1) is 6.54 Å². The van der Waals surface area contributed by atoms with Gasteiger partial charge in [-0.1, -0.05) is 11.6 Å². The van der Waals surface area contributed by atoms with Gasteiger partial charge >= 0.3 is 0 Å². The summed E-state index contributed by atoms with van der Waals surface area (Å²) in [4.78, 5) is 3.94. The normalized spacial score (nSPS) is 14.4. The first-order valence-electron chi connectivity index (χ1n) is 6.29. The smallest absolute Gasteiger partial charge is 0.137 e. The summed E-state index contributed by atoms with van der Waals surface area (Å²) in [6.45, 7) is 9.57. The molecule has 1 aromatic rings. The molecule has 1 N–H and O–H groups in total. The molecule has 0 spiro atoms. The van der Waals surface area contributed by atoms with Crippen molar-refractivity contribution in [2.45, 2.75) is 59.2 Å². The van der Waals surface area contributed by atoms with E-state index in [0.717, 1.165) is 13.0 Å². The van der Waals surface area contributed by atoms with Crippen molar-refractivity contribution in [3.63, 3.8) is 0 Å². The number of nitrogens with one attached hydrogen (secondary N) is 1. The third-order valence-electron chi connectivity index (χ3n) is 2.65. The van der Waals surface area contributed by atoms with Crippen molar-refractivity contribution in [2.75, 3.05) is 0 Å². The highest BCUT2D eigenvalue weighted by Gasteiger charge is 2.07. The van der Waals surface area contributed by atoms with Gasteiger partial charge in [-0.25, -0.2) is 4.98 Å². The Kier molecular flexibility index (Phi) is 5.91. The molecule has 0 bridgehead atoms. The minimum atomic E-state index is 0.415. The van der Waals surface area contributed by atoms with Crippen LogP contribution in [0.2, 0.25) is 0 Å². The summed E-state index contributed by atoms with van der Waals surface area (Å²) in [5, 5.41) is 7.68. The first-order chi connectivity index (χ1) is 8.08. The van der Waals surface area contributed by atoms with Gasteiger partial charge in [-0.3, -0.25) is 4.68 Å². The van der Waals surface area contributed by atoms with Crippen molar-refractivity contribution < 1.29 is 0 Å². The molecule has 0 saturated heterocycles. The SMILES string of the molecule is CC(C)=CCC[C@H](C)N[C@H](C)Cn1cncn1. The van der Waals surface area contributed by atoms with Crippen molar-refractivity contribution in [2.24, 2.45) is 0 Å². The van der Waals surface area contributed by atoms with Crippen molar-refractivity contribution >= 4 is 0 Å². The molecule has 0 saturated carbocycles. The van der Waals surface area contributed by atoms with Crippen molar-refractivity contribution in [1.29, 1.82) is 0 Å². The summed E-state index contributed by atoms with van der Waals surface area (Å²) in [6.07, 6.45) is 7.94. The zero-order valence-corrected chi connectivity index (χ0v) is 11.3. The van der Waals surface area contributed by atoms with Gasteiger partial charge in [0.2, 0.25) is 0 Å². The summed E-state index contributed by atoms with van der Waals surface area (Å²) < 4.78 is 1.86. The molecule has 0 aliphatic carbocycles. The van der Waals surface area contributed by atoms with E-state index in [1.54, 1.807) is 12.7 Å². The second-order valence-electron chi connectivity index (χ2n) is 4.95. The molecule has 0 aromatic carbocycles. The minimum absolute atomic E-state index is 0.415. The monoisotopic (exact) mass is 236 g/mol. The van der Waals surface area contributed by atoms with Crippen molar-refractivity contribution in [3.05, 3.63) is 24.3 Å². The molecule has 1 aromatic heterocycles. The average Bonchev–Trinajstić information content (AvgIpc) is 2.69. The maximum Gasteiger partial charge on any atom is 0.137 e. The summed E-state index contributed by atoms with van der Waals surface area (Å²) in [5.74, 6) is 0. The van der Waals surface area contributed by atoms with E-state index in [9.17, 15) is 0 Å².